The summed E-state index contributed by atoms with van der Waals surface area (Å²) >= 11 is 1.56. The fourth-order valence-electron chi connectivity index (χ4n) is 2.90. The van der Waals surface area contributed by atoms with Crippen LogP contribution in [0.15, 0.2) is 11.0 Å². The molecule has 2 heterocycles. The Morgan fingerprint density at radius 2 is 2.19 bits per heavy atom. The summed E-state index contributed by atoms with van der Waals surface area (Å²) in [6, 6.07) is 1.92. The van der Waals surface area contributed by atoms with E-state index in [4.69, 9.17) is 0 Å². The summed E-state index contributed by atoms with van der Waals surface area (Å²) in [6.07, 6.45) is 1.90. The van der Waals surface area contributed by atoms with Gasteiger partial charge in [0.2, 0.25) is 10.0 Å². The van der Waals surface area contributed by atoms with Crippen molar-refractivity contribution >= 4 is 21.4 Å². The Balaban J connectivity index is 2.28. The van der Waals surface area contributed by atoms with Crippen molar-refractivity contribution in [3.8, 4) is 0 Å². The van der Waals surface area contributed by atoms with Crippen LogP contribution in [0.25, 0.3) is 0 Å². The van der Waals surface area contributed by atoms with E-state index in [0.29, 0.717) is 18.0 Å². The van der Waals surface area contributed by atoms with Crippen molar-refractivity contribution in [1.82, 2.24) is 14.5 Å². The molecule has 0 spiro atoms. The molecule has 1 unspecified atom stereocenters. The molecule has 1 aromatic heterocycles. The largest absolute Gasteiger partial charge is 0.315 e. The van der Waals surface area contributed by atoms with E-state index >= 15 is 0 Å². The number of hydrogen-bond acceptors (Lipinski definition) is 5. The number of thiophene rings is 1. The molecule has 1 atom stereocenters. The minimum Gasteiger partial charge on any atom is -0.315 e. The van der Waals surface area contributed by atoms with E-state index in [-0.39, 0.29) is 6.04 Å². The molecule has 120 valence electrons. The zero-order valence-corrected chi connectivity index (χ0v) is 14.9. The van der Waals surface area contributed by atoms with Gasteiger partial charge < -0.3 is 10.2 Å². The Bertz CT molecular complexity index is 581. The molecule has 7 heteroatoms. The van der Waals surface area contributed by atoms with Crippen molar-refractivity contribution in [2.24, 2.45) is 0 Å². The average Bonchev–Trinajstić information content (AvgIpc) is 2.96. The van der Waals surface area contributed by atoms with Crippen molar-refractivity contribution in [3.63, 3.8) is 0 Å². The molecule has 0 radical (unpaired) electrons. The molecule has 0 aromatic carbocycles. The number of nitrogens with one attached hydrogen (secondary N) is 1. The number of nitrogens with zero attached hydrogens (tertiary/aromatic N) is 2. The Kier molecular flexibility index (Phi) is 5.43. The minimum absolute atomic E-state index is 0.0945. The van der Waals surface area contributed by atoms with Gasteiger partial charge in [0.05, 0.1) is 4.90 Å². The maximum absolute atomic E-state index is 13.0. The van der Waals surface area contributed by atoms with Crippen LogP contribution in [0.4, 0.5) is 0 Å². The first kappa shape index (κ1) is 16.9. The lowest BCUT2D eigenvalue weighted by atomic mass is 10.2. The van der Waals surface area contributed by atoms with Crippen LogP contribution < -0.4 is 5.32 Å². The second kappa shape index (κ2) is 6.75. The predicted octanol–water partition coefficient (Wildman–Crippen LogP) is 1.49. The minimum atomic E-state index is -3.37. The van der Waals surface area contributed by atoms with Crippen molar-refractivity contribution in [3.05, 3.63) is 15.8 Å². The Morgan fingerprint density at radius 3 is 2.81 bits per heavy atom. The Labute approximate surface area is 132 Å². The number of hydrogen-bond donors (Lipinski definition) is 1. The predicted molar refractivity (Wildman–Crippen MR) is 87.3 cm³/mol. The third kappa shape index (κ3) is 3.65. The lowest BCUT2D eigenvalue weighted by Crippen LogP contribution is -2.41. The molecule has 1 aromatic rings. The summed E-state index contributed by atoms with van der Waals surface area (Å²) in [5.41, 5.74) is 0. The SMILES string of the molecule is CNCc1cc(S(=O)(=O)N2CCCC2CN(C)C)c(C)s1. The van der Waals surface area contributed by atoms with Gasteiger partial charge in [-0.2, -0.15) is 4.31 Å². The van der Waals surface area contributed by atoms with Crippen LogP contribution in [-0.2, 0) is 16.6 Å². The van der Waals surface area contributed by atoms with Gasteiger partial charge in [-0.1, -0.05) is 0 Å². The van der Waals surface area contributed by atoms with E-state index in [9.17, 15) is 8.42 Å². The third-order valence-electron chi connectivity index (χ3n) is 3.76. The lowest BCUT2D eigenvalue weighted by Gasteiger charge is -2.26. The molecule has 2 rings (SSSR count). The van der Waals surface area contributed by atoms with Gasteiger partial charge in [0.1, 0.15) is 0 Å². The summed E-state index contributed by atoms with van der Waals surface area (Å²) in [6.45, 7) is 4.03. The highest BCUT2D eigenvalue weighted by Gasteiger charge is 2.36. The summed E-state index contributed by atoms with van der Waals surface area (Å²) in [4.78, 5) is 4.50. The smallest absolute Gasteiger partial charge is 0.244 e. The van der Waals surface area contributed by atoms with Crippen molar-refractivity contribution < 1.29 is 8.42 Å². The summed E-state index contributed by atoms with van der Waals surface area (Å²) in [7, 11) is 2.48. The summed E-state index contributed by atoms with van der Waals surface area (Å²) in [5.74, 6) is 0. The van der Waals surface area contributed by atoms with Crippen LogP contribution in [0.3, 0.4) is 0 Å². The van der Waals surface area contributed by atoms with E-state index < -0.39 is 10.0 Å². The van der Waals surface area contributed by atoms with Crippen molar-refractivity contribution in [2.45, 2.75) is 37.2 Å². The normalized spacial score (nSPS) is 20.5. The molecule has 1 saturated heterocycles. The van der Waals surface area contributed by atoms with Gasteiger partial charge in [0, 0.05) is 35.4 Å². The second-order valence-corrected chi connectivity index (χ2v) is 9.04. The highest BCUT2D eigenvalue weighted by atomic mass is 32.2. The van der Waals surface area contributed by atoms with Gasteiger partial charge >= 0.3 is 0 Å². The van der Waals surface area contributed by atoms with Gasteiger partial charge in [-0.05, 0) is 47.0 Å². The summed E-state index contributed by atoms with van der Waals surface area (Å²) < 4.78 is 27.6. The molecule has 0 aliphatic carbocycles. The van der Waals surface area contributed by atoms with Crippen LogP contribution >= 0.6 is 11.3 Å². The number of sulfonamides is 1. The van der Waals surface area contributed by atoms with E-state index in [1.165, 1.54) is 0 Å². The van der Waals surface area contributed by atoms with Gasteiger partial charge in [0.15, 0.2) is 0 Å². The lowest BCUT2D eigenvalue weighted by molar-refractivity contribution is 0.291. The van der Waals surface area contributed by atoms with Gasteiger partial charge in [-0.25, -0.2) is 8.42 Å². The molecule has 0 amide bonds. The molecular weight excluding hydrogens is 306 g/mol. The summed E-state index contributed by atoms with van der Waals surface area (Å²) in [5, 5.41) is 3.08. The number of rotatable bonds is 6. The topological polar surface area (TPSA) is 52.7 Å². The molecule has 1 aliphatic heterocycles. The third-order valence-corrected chi connectivity index (χ3v) is 7.02. The van der Waals surface area contributed by atoms with Gasteiger partial charge in [-0.3, -0.25) is 0 Å². The van der Waals surface area contributed by atoms with E-state index in [2.05, 4.69) is 10.2 Å². The molecule has 1 fully saturated rings. The Hall–Kier alpha value is -0.470. The molecule has 21 heavy (non-hydrogen) atoms. The van der Waals surface area contributed by atoms with Crippen LogP contribution in [0, 0.1) is 6.92 Å². The second-order valence-electron chi connectivity index (χ2n) is 5.84. The molecule has 0 saturated carbocycles. The van der Waals surface area contributed by atoms with Crippen molar-refractivity contribution in [2.75, 3.05) is 34.2 Å². The van der Waals surface area contributed by atoms with E-state index in [1.54, 1.807) is 15.6 Å². The first-order valence-corrected chi connectivity index (χ1v) is 9.52. The fraction of sp³-hybridized carbons (Fsp3) is 0.714. The van der Waals surface area contributed by atoms with Gasteiger partial charge in [-0.15, -0.1) is 11.3 Å². The van der Waals surface area contributed by atoms with Crippen LogP contribution in [0.5, 0.6) is 0 Å². The molecule has 1 aliphatic rings. The first-order chi connectivity index (χ1) is 9.86. The molecular formula is C14H25N3O2S2. The molecule has 0 bridgehead atoms. The zero-order valence-electron chi connectivity index (χ0n) is 13.2. The zero-order chi connectivity index (χ0) is 15.6. The number of aryl methyl sites for hydroxylation is 1. The monoisotopic (exact) mass is 331 g/mol. The first-order valence-electron chi connectivity index (χ1n) is 7.26. The van der Waals surface area contributed by atoms with E-state index in [0.717, 1.165) is 29.1 Å². The van der Waals surface area contributed by atoms with Crippen molar-refractivity contribution in [1.29, 1.82) is 0 Å². The quantitative estimate of drug-likeness (QED) is 0.858. The highest BCUT2D eigenvalue weighted by molar-refractivity contribution is 7.89. The standard InChI is InChI=1S/C14H25N3O2S2/c1-11-14(8-13(20-11)9-15-2)21(18,19)17-7-5-6-12(17)10-16(3)4/h8,12,15H,5-7,9-10H2,1-4H3. The molecule has 5 nitrogen and oxygen atoms in total. The van der Waals surface area contributed by atoms with Crippen LogP contribution in [-0.4, -0.2) is 57.9 Å². The maximum Gasteiger partial charge on any atom is 0.244 e. The van der Waals surface area contributed by atoms with Gasteiger partial charge in [0.25, 0.3) is 0 Å². The molecule has 1 N–H and O–H groups in total. The maximum atomic E-state index is 13.0. The fourth-order valence-corrected chi connectivity index (χ4v) is 6.20. The van der Waals surface area contributed by atoms with Crippen LogP contribution in [0.2, 0.25) is 0 Å². The number of likely N-dealkylation sites (N-methyl/N-ethyl adjacent to an activating group) is 1. The Morgan fingerprint density at radius 1 is 1.48 bits per heavy atom. The highest BCUT2D eigenvalue weighted by Crippen LogP contribution is 2.32. The van der Waals surface area contributed by atoms with E-state index in [1.807, 2.05) is 34.1 Å². The average molecular weight is 332 g/mol. The van der Waals surface area contributed by atoms with Crippen LogP contribution in [0.1, 0.15) is 22.6 Å².